The molecule has 4 heterocycles. The van der Waals surface area contributed by atoms with Crippen LogP contribution < -0.4 is 4.90 Å². The van der Waals surface area contributed by atoms with Crippen molar-refractivity contribution < 1.29 is 14.2 Å². The van der Waals surface area contributed by atoms with Crippen LogP contribution in [0.5, 0.6) is 0 Å². The number of morpholine rings is 1. The summed E-state index contributed by atoms with van der Waals surface area (Å²) in [6, 6.07) is 5.35. The molecule has 0 unspecified atom stereocenters. The summed E-state index contributed by atoms with van der Waals surface area (Å²) in [4.78, 5) is 16.6. The van der Waals surface area contributed by atoms with Crippen LogP contribution in [0.15, 0.2) is 24.4 Å². The predicted octanol–water partition coefficient (Wildman–Crippen LogP) is 3.29. The first kappa shape index (κ1) is 18.2. The van der Waals surface area contributed by atoms with Crippen molar-refractivity contribution in [3.8, 4) is 11.4 Å². The molecule has 3 aromatic heterocycles. The van der Waals surface area contributed by atoms with Gasteiger partial charge in [-0.3, -0.25) is 4.98 Å². The van der Waals surface area contributed by atoms with Gasteiger partial charge >= 0.3 is 0 Å². The van der Waals surface area contributed by atoms with Gasteiger partial charge in [0.15, 0.2) is 11.6 Å². The number of alkyl halides is 1. The maximum Gasteiger partial charge on any atom is 0.163 e. The van der Waals surface area contributed by atoms with Crippen LogP contribution in [-0.4, -0.2) is 46.4 Å². The highest BCUT2D eigenvalue weighted by Gasteiger charge is 2.24. The number of hydrogen-bond acceptors (Lipinski definition) is 7. The van der Waals surface area contributed by atoms with Crippen LogP contribution in [-0.2, 0) is 17.0 Å². The predicted molar refractivity (Wildman–Crippen MR) is 104 cm³/mol. The minimum absolute atomic E-state index is 0.382. The molecule has 1 fully saturated rings. The zero-order chi connectivity index (χ0) is 19.0. The lowest BCUT2D eigenvalue weighted by molar-refractivity contribution is 0.0826. The van der Waals surface area contributed by atoms with Crippen molar-refractivity contribution in [2.24, 2.45) is 0 Å². The molecule has 0 aromatic carbocycles. The molecule has 1 N–H and O–H groups in total. The number of halogens is 1. The Morgan fingerprint density at radius 1 is 1.26 bits per heavy atom. The number of thiophene rings is 1. The molecule has 0 atom stereocenters. The average molecular weight is 388 g/mol. The molecule has 8 heteroatoms. The molecule has 0 bridgehead atoms. The van der Waals surface area contributed by atoms with Gasteiger partial charge in [-0.1, -0.05) is 0 Å². The molecular weight excluding hydrogens is 367 g/mol. The summed E-state index contributed by atoms with van der Waals surface area (Å²) >= 11 is 1.51. The molecule has 6 nitrogen and oxygen atoms in total. The third-order valence-electron chi connectivity index (χ3n) is 4.49. The summed E-state index contributed by atoms with van der Waals surface area (Å²) in [7, 11) is 0. The zero-order valence-corrected chi connectivity index (χ0v) is 16.1. The molecule has 1 saturated heterocycles. The van der Waals surface area contributed by atoms with E-state index in [0.29, 0.717) is 24.7 Å². The Morgan fingerprint density at radius 3 is 2.67 bits per heavy atom. The molecule has 27 heavy (non-hydrogen) atoms. The van der Waals surface area contributed by atoms with Crippen molar-refractivity contribution in [1.29, 1.82) is 0 Å². The Hall–Kier alpha value is -2.16. The highest BCUT2D eigenvalue weighted by Crippen LogP contribution is 2.38. The van der Waals surface area contributed by atoms with E-state index in [2.05, 4.69) is 14.9 Å². The molecule has 1 aliphatic rings. The monoisotopic (exact) mass is 388 g/mol. The van der Waals surface area contributed by atoms with Crippen LogP contribution >= 0.6 is 11.3 Å². The third-order valence-corrected chi connectivity index (χ3v) is 5.92. The maximum atomic E-state index is 12.8. The topological polar surface area (TPSA) is 71.4 Å². The Bertz CT molecular complexity index is 947. The molecule has 0 saturated carbocycles. The van der Waals surface area contributed by atoms with Crippen molar-refractivity contribution in [2.45, 2.75) is 26.1 Å². The van der Waals surface area contributed by atoms with Crippen molar-refractivity contribution in [3.05, 3.63) is 35.0 Å². The van der Waals surface area contributed by atoms with Crippen molar-refractivity contribution in [1.82, 2.24) is 15.0 Å². The van der Waals surface area contributed by atoms with Crippen LogP contribution in [0.3, 0.4) is 0 Å². The van der Waals surface area contributed by atoms with E-state index in [9.17, 15) is 9.50 Å². The maximum absolute atomic E-state index is 12.8. The van der Waals surface area contributed by atoms with Crippen LogP contribution in [0.1, 0.15) is 24.4 Å². The van der Waals surface area contributed by atoms with Gasteiger partial charge in [0.25, 0.3) is 0 Å². The van der Waals surface area contributed by atoms with E-state index < -0.39 is 12.3 Å². The van der Waals surface area contributed by atoms with Crippen LogP contribution in [0.25, 0.3) is 21.6 Å². The standard InChI is InChI=1S/C19H21FN4O2S/c1-19(2,25)15-9-14-16(27-15)18(24-5-7-26-8-6-24)23-17(22-14)12-3-4-13(10-20)21-11-12/h3-4,9,11,25H,5-8,10H2,1-2H3. The Labute approximate surface area is 160 Å². The first-order valence-electron chi connectivity index (χ1n) is 8.84. The second kappa shape index (κ2) is 7.10. The van der Waals surface area contributed by atoms with E-state index in [0.717, 1.165) is 39.6 Å². The van der Waals surface area contributed by atoms with Gasteiger partial charge in [-0.05, 0) is 32.0 Å². The van der Waals surface area contributed by atoms with Crippen LogP contribution in [0.2, 0.25) is 0 Å². The summed E-state index contributed by atoms with van der Waals surface area (Å²) in [6.07, 6.45) is 1.60. The molecule has 1 aliphatic heterocycles. The average Bonchev–Trinajstić information content (AvgIpc) is 3.13. The number of fused-ring (bicyclic) bond motifs is 1. The van der Waals surface area contributed by atoms with Gasteiger partial charge in [-0.2, -0.15) is 0 Å². The largest absolute Gasteiger partial charge is 0.385 e. The van der Waals surface area contributed by atoms with E-state index in [1.165, 1.54) is 11.3 Å². The van der Waals surface area contributed by atoms with Crippen LogP contribution in [0.4, 0.5) is 10.2 Å². The molecule has 142 valence electrons. The highest BCUT2D eigenvalue weighted by molar-refractivity contribution is 7.19. The molecule has 3 aromatic rings. The van der Waals surface area contributed by atoms with E-state index in [-0.39, 0.29) is 0 Å². The summed E-state index contributed by atoms with van der Waals surface area (Å²) in [6.45, 7) is 5.73. The number of pyridine rings is 1. The summed E-state index contributed by atoms with van der Waals surface area (Å²) < 4.78 is 19.2. The smallest absolute Gasteiger partial charge is 0.163 e. The number of anilines is 1. The Kier molecular flexibility index (Phi) is 4.79. The fraction of sp³-hybridized carbons (Fsp3) is 0.421. The quantitative estimate of drug-likeness (QED) is 0.740. The van der Waals surface area contributed by atoms with Gasteiger partial charge in [0.2, 0.25) is 0 Å². The van der Waals surface area contributed by atoms with E-state index in [1.807, 2.05) is 6.07 Å². The fourth-order valence-electron chi connectivity index (χ4n) is 2.97. The molecule has 0 aliphatic carbocycles. The summed E-state index contributed by atoms with van der Waals surface area (Å²) in [5.41, 5.74) is 0.962. The van der Waals surface area contributed by atoms with Gasteiger partial charge in [-0.25, -0.2) is 14.4 Å². The SMILES string of the molecule is CC(C)(O)c1cc2nc(-c3ccc(CF)nc3)nc(N3CCOCC3)c2s1. The van der Waals surface area contributed by atoms with Crippen LogP contribution in [0, 0.1) is 0 Å². The van der Waals surface area contributed by atoms with Gasteiger partial charge in [-0.15, -0.1) is 11.3 Å². The lowest BCUT2D eigenvalue weighted by Gasteiger charge is -2.28. The lowest BCUT2D eigenvalue weighted by Crippen LogP contribution is -2.36. The van der Waals surface area contributed by atoms with Crippen molar-refractivity contribution in [2.75, 3.05) is 31.2 Å². The third kappa shape index (κ3) is 3.65. The first-order chi connectivity index (χ1) is 13.0. The second-order valence-corrected chi connectivity index (χ2v) is 8.08. The van der Waals surface area contributed by atoms with Gasteiger partial charge in [0, 0.05) is 29.7 Å². The van der Waals surface area contributed by atoms with Crippen molar-refractivity contribution >= 4 is 27.4 Å². The summed E-state index contributed by atoms with van der Waals surface area (Å²) in [5, 5.41) is 10.4. The fourth-order valence-corrected chi connectivity index (χ4v) is 4.09. The summed E-state index contributed by atoms with van der Waals surface area (Å²) in [5.74, 6) is 1.38. The Balaban J connectivity index is 1.86. The first-order valence-corrected chi connectivity index (χ1v) is 9.66. The number of ether oxygens (including phenoxy) is 1. The lowest BCUT2D eigenvalue weighted by atomic mass is 10.1. The van der Waals surface area contributed by atoms with Gasteiger partial charge in [0.1, 0.15) is 6.67 Å². The second-order valence-electron chi connectivity index (χ2n) is 7.03. The Morgan fingerprint density at radius 2 is 2.04 bits per heavy atom. The highest BCUT2D eigenvalue weighted by atomic mass is 32.1. The minimum atomic E-state index is -0.946. The number of hydrogen-bond donors (Lipinski definition) is 1. The number of rotatable bonds is 4. The minimum Gasteiger partial charge on any atom is -0.385 e. The molecular formula is C19H21FN4O2S. The van der Waals surface area contributed by atoms with E-state index in [1.54, 1.807) is 32.2 Å². The van der Waals surface area contributed by atoms with Gasteiger partial charge < -0.3 is 14.7 Å². The van der Waals surface area contributed by atoms with Crippen molar-refractivity contribution in [3.63, 3.8) is 0 Å². The van der Waals surface area contributed by atoms with Gasteiger partial charge in [0.05, 0.1) is 34.7 Å². The molecule has 4 rings (SSSR count). The zero-order valence-electron chi connectivity index (χ0n) is 15.3. The molecule has 0 amide bonds. The molecule has 0 radical (unpaired) electrons. The number of aliphatic hydroxyl groups is 1. The number of nitrogens with zero attached hydrogens (tertiary/aromatic N) is 4. The van der Waals surface area contributed by atoms with E-state index in [4.69, 9.17) is 9.72 Å². The normalized spacial score (nSPS) is 15.5. The molecule has 0 spiro atoms. The number of aromatic nitrogens is 3. The van der Waals surface area contributed by atoms with E-state index >= 15 is 0 Å².